The van der Waals surface area contributed by atoms with E-state index in [2.05, 4.69) is 28.9 Å². The summed E-state index contributed by atoms with van der Waals surface area (Å²) in [6.07, 6.45) is 1.78. The average molecular weight is 420 g/mol. The maximum atomic E-state index is 9.98. The molecule has 0 amide bonds. The van der Waals surface area contributed by atoms with Gasteiger partial charge in [-0.25, -0.2) is 15.0 Å². The van der Waals surface area contributed by atoms with E-state index in [1.54, 1.807) is 12.4 Å². The molecule has 0 unspecified atom stereocenters. The van der Waals surface area contributed by atoms with Crippen molar-refractivity contribution >= 4 is 28.7 Å². The summed E-state index contributed by atoms with van der Waals surface area (Å²) in [5.74, 6) is 3.00. The van der Waals surface area contributed by atoms with Crippen LogP contribution in [0.3, 0.4) is 0 Å². The monoisotopic (exact) mass is 419 g/mol. The molecule has 7 nitrogen and oxygen atoms in total. The number of fused-ring (bicyclic) bond motifs is 1. The highest BCUT2D eigenvalue weighted by Crippen LogP contribution is 2.33. The fourth-order valence-corrected chi connectivity index (χ4v) is 4.47. The minimum Gasteiger partial charge on any atom is -0.504 e. The molecule has 30 heavy (non-hydrogen) atoms. The molecule has 0 bridgehead atoms. The van der Waals surface area contributed by atoms with Gasteiger partial charge in [-0.3, -0.25) is 4.57 Å². The van der Waals surface area contributed by atoms with Gasteiger partial charge in [0.1, 0.15) is 6.33 Å². The second-order valence-electron chi connectivity index (χ2n) is 7.30. The number of thioether (sulfide) groups is 1. The van der Waals surface area contributed by atoms with Crippen LogP contribution >= 0.6 is 11.8 Å². The van der Waals surface area contributed by atoms with Crippen molar-refractivity contribution in [2.24, 2.45) is 0 Å². The quantitative estimate of drug-likeness (QED) is 0.489. The second-order valence-corrected chi connectivity index (χ2v) is 8.52. The summed E-state index contributed by atoms with van der Waals surface area (Å²) in [5, 5.41) is 19.7. The number of phenols is 2. The number of anilines is 1. The van der Waals surface area contributed by atoms with Crippen LogP contribution in [0.15, 0.2) is 48.8 Å². The Kier molecular flexibility index (Phi) is 4.71. The van der Waals surface area contributed by atoms with Gasteiger partial charge in [-0.05, 0) is 37.3 Å². The first-order valence-electron chi connectivity index (χ1n) is 9.77. The molecule has 5 rings (SSSR count). The predicted octanol–water partition coefficient (Wildman–Crippen LogP) is 3.76. The summed E-state index contributed by atoms with van der Waals surface area (Å²) in [4.78, 5) is 16.5. The lowest BCUT2D eigenvalue weighted by molar-refractivity contribution is 0.404. The van der Waals surface area contributed by atoms with Crippen molar-refractivity contribution in [2.75, 3.05) is 29.5 Å². The number of aromatic nitrogens is 4. The molecule has 152 valence electrons. The summed E-state index contributed by atoms with van der Waals surface area (Å²) in [7, 11) is 0. The molecule has 0 spiro atoms. The van der Waals surface area contributed by atoms with Gasteiger partial charge >= 0.3 is 0 Å². The molecular formula is C22H21N5O2S. The highest BCUT2D eigenvalue weighted by molar-refractivity contribution is 7.99. The normalized spacial score (nSPS) is 14.4. The molecule has 3 heterocycles. The van der Waals surface area contributed by atoms with Crippen molar-refractivity contribution < 1.29 is 10.2 Å². The minimum absolute atomic E-state index is 0.169. The number of aryl methyl sites for hydroxylation is 1. The van der Waals surface area contributed by atoms with Crippen molar-refractivity contribution in [2.45, 2.75) is 6.92 Å². The molecule has 0 aliphatic carbocycles. The first kappa shape index (κ1) is 18.7. The topological polar surface area (TPSA) is 87.3 Å². The van der Waals surface area contributed by atoms with Crippen LogP contribution in [0.2, 0.25) is 0 Å². The summed E-state index contributed by atoms with van der Waals surface area (Å²) in [6, 6.07) is 12.8. The van der Waals surface area contributed by atoms with Crippen LogP contribution in [-0.4, -0.2) is 54.3 Å². The van der Waals surface area contributed by atoms with Gasteiger partial charge in [-0.1, -0.05) is 17.7 Å². The van der Waals surface area contributed by atoms with Crippen LogP contribution in [0, 0.1) is 6.92 Å². The molecular weight excluding hydrogens is 398 g/mol. The van der Waals surface area contributed by atoms with Gasteiger partial charge in [0.15, 0.2) is 34.3 Å². The van der Waals surface area contributed by atoms with E-state index >= 15 is 0 Å². The number of phenolic OH excluding ortho intramolecular Hbond substituents is 2. The van der Waals surface area contributed by atoms with Crippen molar-refractivity contribution in [3.63, 3.8) is 0 Å². The van der Waals surface area contributed by atoms with Crippen LogP contribution in [-0.2, 0) is 0 Å². The first-order chi connectivity index (χ1) is 14.6. The first-order valence-corrected chi connectivity index (χ1v) is 10.9. The Bertz CT molecular complexity index is 1220. The highest BCUT2D eigenvalue weighted by atomic mass is 32.2. The molecule has 1 aliphatic heterocycles. The van der Waals surface area contributed by atoms with Crippen molar-refractivity contribution in [3.05, 3.63) is 54.4 Å². The third kappa shape index (κ3) is 3.33. The predicted molar refractivity (Wildman–Crippen MR) is 120 cm³/mol. The van der Waals surface area contributed by atoms with Crippen LogP contribution < -0.4 is 4.90 Å². The SMILES string of the molecule is Cc1ccc(-n2cnc3c(N4CCSCC4)nc(-c4ccc(O)c(O)c4)nc32)cc1. The Hall–Kier alpha value is -3.26. The third-order valence-electron chi connectivity index (χ3n) is 5.23. The van der Waals surface area contributed by atoms with Crippen molar-refractivity contribution in [1.82, 2.24) is 19.5 Å². The van der Waals surface area contributed by atoms with E-state index in [0.29, 0.717) is 17.0 Å². The molecule has 8 heteroatoms. The maximum absolute atomic E-state index is 9.98. The smallest absolute Gasteiger partial charge is 0.170 e. The molecule has 2 N–H and O–H groups in total. The molecule has 1 saturated heterocycles. The fraction of sp³-hybridized carbons (Fsp3) is 0.227. The number of hydrogen-bond donors (Lipinski definition) is 2. The van der Waals surface area contributed by atoms with E-state index in [9.17, 15) is 10.2 Å². The largest absolute Gasteiger partial charge is 0.504 e. The Morgan fingerprint density at radius 2 is 1.70 bits per heavy atom. The Balaban J connectivity index is 1.72. The second kappa shape index (κ2) is 7.53. The standard InChI is InChI=1S/C22H21N5O2S/c1-14-2-5-16(6-3-14)27-13-23-19-21(26-8-10-30-11-9-26)24-20(25-22(19)27)15-4-7-17(28)18(29)12-15/h2-7,12-13,28-29H,8-11H2,1H3. The molecule has 0 radical (unpaired) electrons. The number of aromatic hydroxyl groups is 2. The summed E-state index contributed by atoms with van der Waals surface area (Å²) in [6.45, 7) is 3.85. The third-order valence-corrected chi connectivity index (χ3v) is 6.18. The van der Waals surface area contributed by atoms with Gasteiger partial charge < -0.3 is 15.1 Å². The van der Waals surface area contributed by atoms with Gasteiger partial charge in [0.05, 0.1) is 0 Å². The molecule has 0 atom stereocenters. The molecule has 0 saturated carbocycles. The Morgan fingerprint density at radius 1 is 0.933 bits per heavy atom. The number of rotatable bonds is 3. The summed E-state index contributed by atoms with van der Waals surface area (Å²) >= 11 is 1.93. The number of hydrogen-bond acceptors (Lipinski definition) is 7. The zero-order valence-electron chi connectivity index (χ0n) is 16.5. The minimum atomic E-state index is -0.195. The molecule has 4 aromatic rings. The van der Waals surface area contributed by atoms with Gasteiger partial charge in [-0.15, -0.1) is 0 Å². The van der Waals surface area contributed by atoms with Gasteiger partial charge in [-0.2, -0.15) is 11.8 Å². The van der Waals surface area contributed by atoms with Crippen LogP contribution in [0.1, 0.15) is 5.56 Å². The van der Waals surface area contributed by atoms with E-state index in [4.69, 9.17) is 9.97 Å². The molecule has 1 aliphatic rings. The van der Waals surface area contributed by atoms with E-state index in [0.717, 1.165) is 41.6 Å². The van der Waals surface area contributed by atoms with Crippen molar-refractivity contribution in [3.8, 4) is 28.6 Å². The average Bonchev–Trinajstić information content (AvgIpc) is 3.20. The van der Waals surface area contributed by atoms with Gasteiger partial charge in [0.25, 0.3) is 0 Å². The van der Waals surface area contributed by atoms with Gasteiger partial charge in [0.2, 0.25) is 0 Å². The Morgan fingerprint density at radius 3 is 2.43 bits per heavy atom. The molecule has 2 aromatic carbocycles. The van der Waals surface area contributed by atoms with Crippen molar-refractivity contribution in [1.29, 1.82) is 0 Å². The maximum Gasteiger partial charge on any atom is 0.170 e. The number of benzene rings is 2. The number of imidazole rings is 1. The Labute approximate surface area is 178 Å². The number of nitrogens with zero attached hydrogens (tertiary/aromatic N) is 5. The van der Waals surface area contributed by atoms with E-state index in [-0.39, 0.29) is 11.5 Å². The van der Waals surface area contributed by atoms with E-state index in [1.165, 1.54) is 17.7 Å². The zero-order chi connectivity index (χ0) is 20.7. The zero-order valence-corrected chi connectivity index (χ0v) is 17.3. The fourth-order valence-electron chi connectivity index (χ4n) is 3.57. The van der Waals surface area contributed by atoms with E-state index < -0.39 is 0 Å². The lowest BCUT2D eigenvalue weighted by atomic mass is 10.2. The van der Waals surface area contributed by atoms with Crippen LogP contribution in [0.5, 0.6) is 11.5 Å². The van der Waals surface area contributed by atoms with Crippen LogP contribution in [0.4, 0.5) is 5.82 Å². The summed E-state index contributed by atoms with van der Waals surface area (Å²) < 4.78 is 1.96. The van der Waals surface area contributed by atoms with Gasteiger partial charge in [0, 0.05) is 35.8 Å². The lowest BCUT2D eigenvalue weighted by Crippen LogP contribution is -2.33. The van der Waals surface area contributed by atoms with Crippen LogP contribution in [0.25, 0.3) is 28.2 Å². The highest BCUT2D eigenvalue weighted by Gasteiger charge is 2.21. The van der Waals surface area contributed by atoms with E-state index in [1.807, 2.05) is 28.5 Å². The molecule has 2 aromatic heterocycles. The molecule has 1 fully saturated rings. The summed E-state index contributed by atoms with van der Waals surface area (Å²) in [5.41, 5.74) is 4.27. The lowest BCUT2D eigenvalue weighted by Gasteiger charge is -2.27.